The third kappa shape index (κ3) is 5.07. The van der Waals surface area contributed by atoms with Crippen LogP contribution in [0.4, 0.5) is 17.5 Å². The summed E-state index contributed by atoms with van der Waals surface area (Å²) in [5, 5.41) is 35.2. The van der Waals surface area contributed by atoms with E-state index >= 15 is 0 Å². The number of anilines is 2. The molecule has 3 rings (SSSR count). The van der Waals surface area contributed by atoms with E-state index < -0.39 is 10.9 Å². The number of nitrogens with zero attached hydrogens (tertiary/aromatic N) is 5. The van der Waals surface area contributed by atoms with Crippen molar-refractivity contribution in [3.63, 3.8) is 0 Å². The summed E-state index contributed by atoms with van der Waals surface area (Å²) >= 11 is 0. The monoisotopic (exact) mass is 419 g/mol. The van der Waals surface area contributed by atoms with E-state index in [1.54, 1.807) is 37.3 Å². The number of carboxylic acids is 1. The van der Waals surface area contributed by atoms with Gasteiger partial charge in [-0.15, -0.1) is 0 Å². The molecule has 0 spiro atoms. The zero-order valence-electron chi connectivity index (χ0n) is 16.4. The maximum absolute atomic E-state index is 11.5. The number of pyridine rings is 1. The molecule has 1 aromatic carbocycles. The Bertz CT molecular complexity index is 1170. The molecule has 0 bridgehead atoms. The normalized spacial score (nSPS) is 10.2. The van der Waals surface area contributed by atoms with Crippen molar-refractivity contribution in [2.45, 2.75) is 6.92 Å². The lowest BCUT2D eigenvalue weighted by atomic mass is 10.1. The Morgan fingerprint density at radius 1 is 1.19 bits per heavy atom. The Morgan fingerprint density at radius 3 is 2.52 bits per heavy atom. The van der Waals surface area contributed by atoms with Crippen molar-refractivity contribution < 1.29 is 14.8 Å². The maximum Gasteiger partial charge on any atom is 0.339 e. The molecule has 156 valence electrons. The molecule has 11 nitrogen and oxygen atoms in total. The number of hydrogen-bond acceptors (Lipinski definition) is 9. The number of nitriles is 1. The van der Waals surface area contributed by atoms with Gasteiger partial charge in [0.25, 0.3) is 5.69 Å². The largest absolute Gasteiger partial charge is 0.478 e. The van der Waals surface area contributed by atoms with Gasteiger partial charge in [0.2, 0.25) is 5.95 Å². The Balaban J connectivity index is 1.68. The number of carbonyl (C=O) groups is 1. The molecular formula is C20H17N7O4. The van der Waals surface area contributed by atoms with Gasteiger partial charge in [0.15, 0.2) is 0 Å². The van der Waals surface area contributed by atoms with Crippen LogP contribution in [0.15, 0.2) is 42.7 Å². The molecule has 0 aliphatic carbocycles. The van der Waals surface area contributed by atoms with Gasteiger partial charge in [-0.3, -0.25) is 10.1 Å². The number of nitro groups is 1. The summed E-state index contributed by atoms with van der Waals surface area (Å²) in [7, 11) is 0. The van der Waals surface area contributed by atoms with Crippen LogP contribution in [-0.4, -0.2) is 44.0 Å². The van der Waals surface area contributed by atoms with Gasteiger partial charge in [0.1, 0.15) is 17.6 Å². The summed E-state index contributed by atoms with van der Waals surface area (Å²) in [6, 6.07) is 10.0. The molecular weight excluding hydrogens is 402 g/mol. The third-order valence-corrected chi connectivity index (χ3v) is 4.30. The second-order valence-electron chi connectivity index (χ2n) is 6.42. The van der Waals surface area contributed by atoms with E-state index in [1.165, 1.54) is 12.4 Å². The summed E-state index contributed by atoms with van der Waals surface area (Å²) in [4.78, 5) is 34.2. The lowest BCUT2D eigenvalue weighted by Crippen LogP contribution is -2.16. The fourth-order valence-electron chi connectivity index (χ4n) is 2.75. The second-order valence-corrected chi connectivity index (χ2v) is 6.42. The lowest BCUT2D eigenvalue weighted by Gasteiger charge is -2.10. The first-order valence-electron chi connectivity index (χ1n) is 9.08. The molecule has 0 amide bonds. The van der Waals surface area contributed by atoms with Crippen LogP contribution in [0, 0.1) is 28.4 Å². The van der Waals surface area contributed by atoms with Gasteiger partial charge in [-0.05, 0) is 25.1 Å². The van der Waals surface area contributed by atoms with Gasteiger partial charge in [-0.25, -0.2) is 19.7 Å². The molecule has 3 N–H and O–H groups in total. The number of nitrogens with one attached hydrogen (secondary N) is 2. The van der Waals surface area contributed by atoms with E-state index in [9.17, 15) is 20.0 Å². The van der Waals surface area contributed by atoms with Gasteiger partial charge in [0, 0.05) is 30.4 Å². The average molecular weight is 419 g/mol. The number of aryl methyl sites for hydroxylation is 1. The van der Waals surface area contributed by atoms with Gasteiger partial charge in [-0.1, -0.05) is 12.1 Å². The van der Waals surface area contributed by atoms with Crippen molar-refractivity contribution >= 4 is 23.4 Å². The zero-order valence-corrected chi connectivity index (χ0v) is 16.4. The minimum absolute atomic E-state index is 0.0501. The zero-order chi connectivity index (χ0) is 22.4. The van der Waals surface area contributed by atoms with Crippen LogP contribution in [0.25, 0.3) is 11.3 Å². The number of benzene rings is 1. The van der Waals surface area contributed by atoms with Crippen LogP contribution in [0.1, 0.15) is 21.5 Å². The first-order chi connectivity index (χ1) is 14.9. The average Bonchev–Trinajstić information content (AvgIpc) is 2.76. The number of carboxylic acid groups (broad SMARTS) is 1. The summed E-state index contributed by atoms with van der Waals surface area (Å²) in [6.45, 7) is 2.43. The van der Waals surface area contributed by atoms with Crippen LogP contribution in [0.3, 0.4) is 0 Å². The fourth-order valence-corrected chi connectivity index (χ4v) is 2.75. The topological polar surface area (TPSA) is 167 Å². The predicted molar refractivity (Wildman–Crippen MR) is 112 cm³/mol. The third-order valence-electron chi connectivity index (χ3n) is 4.30. The molecule has 2 aromatic heterocycles. The van der Waals surface area contributed by atoms with Gasteiger partial charge in [0.05, 0.1) is 22.2 Å². The van der Waals surface area contributed by atoms with Crippen LogP contribution in [0.2, 0.25) is 0 Å². The number of aromatic carboxylic acids is 1. The Kier molecular flexibility index (Phi) is 6.32. The molecule has 0 unspecified atom stereocenters. The van der Waals surface area contributed by atoms with E-state index in [2.05, 4.69) is 25.6 Å². The first kappa shape index (κ1) is 21.1. The van der Waals surface area contributed by atoms with E-state index in [0.29, 0.717) is 35.6 Å². The first-order valence-corrected chi connectivity index (χ1v) is 9.08. The SMILES string of the molecule is Cc1cc(NCCNc2ncc(C(=O)O)c(-c3ccc(C#N)cc3)n2)ncc1[N+](=O)[O-]. The van der Waals surface area contributed by atoms with Crippen molar-refractivity contribution in [3.8, 4) is 17.3 Å². The van der Waals surface area contributed by atoms with Gasteiger partial charge < -0.3 is 15.7 Å². The van der Waals surface area contributed by atoms with Gasteiger partial charge >= 0.3 is 5.97 Å². The Hall–Kier alpha value is -4.59. The van der Waals surface area contributed by atoms with Crippen molar-refractivity contribution in [2.24, 2.45) is 0 Å². The van der Waals surface area contributed by atoms with Crippen molar-refractivity contribution in [2.75, 3.05) is 23.7 Å². The minimum Gasteiger partial charge on any atom is -0.478 e. The molecule has 31 heavy (non-hydrogen) atoms. The summed E-state index contributed by atoms with van der Waals surface area (Å²) in [6.07, 6.45) is 2.42. The van der Waals surface area contributed by atoms with Crippen LogP contribution < -0.4 is 10.6 Å². The summed E-state index contributed by atoms with van der Waals surface area (Å²) in [5.41, 5.74) is 1.62. The molecule has 2 heterocycles. The van der Waals surface area contributed by atoms with Crippen LogP contribution in [0.5, 0.6) is 0 Å². The highest BCUT2D eigenvalue weighted by atomic mass is 16.6. The van der Waals surface area contributed by atoms with E-state index in [-0.39, 0.29) is 22.9 Å². The number of aromatic nitrogens is 3. The van der Waals surface area contributed by atoms with E-state index in [1.807, 2.05) is 6.07 Å². The van der Waals surface area contributed by atoms with E-state index in [4.69, 9.17) is 5.26 Å². The molecule has 0 aliphatic heterocycles. The molecule has 0 fully saturated rings. The Labute approximate surface area is 176 Å². The van der Waals surface area contributed by atoms with Gasteiger partial charge in [-0.2, -0.15) is 5.26 Å². The van der Waals surface area contributed by atoms with Crippen molar-refractivity contribution in [1.82, 2.24) is 15.0 Å². The highest BCUT2D eigenvalue weighted by Gasteiger charge is 2.16. The lowest BCUT2D eigenvalue weighted by molar-refractivity contribution is -0.385. The highest BCUT2D eigenvalue weighted by Crippen LogP contribution is 2.23. The summed E-state index contributed by atoms with van der Waals surface area (Å²) < 4.78 is 0. The molecule has 3 aromatic rings. The molecule has 0 radical (unpaired) electrons. The molecule has 0 saturated heterocycles. The molecule has 0 atom stereocenters. The van der Waals surface area contributed by atoms with Crippen molar-refractivity contribution in [3.05, 3.63) is 69.5 Å². The minimum atomic E-state index is -1.16. The number of hydrogen-bond donors (Lipinski definition) is 3. The molecule has 0 saturated carbocycles. The van der Waals surface area contributed by atoms with Crippen LogP contribution >= 0.6 is 0 Å². The molecule has 11 heteroatoms. The quantitative estimate of drug-likeness (QED) is 0.280. The van der Waals surface area contributed by atoms with E-state index in [0.717, 1.165) is 0 Å². The molecule has 0 aliphatic rings. The highest BCUT2D eigenvalue weighted by molar-refractivity contribution is 5.94. The maximum atomic E-state index is 11.5. The smallest absolute Gasteiger partial charge is 0.339 e. The predicted octanol–water partition coefficient (Wildman–Crippen LogP) is 2.85. The summed E-state index contributed by atoms with van der Waals surface area (Å²) in [5.74, 6) is -0.434. The standard InChI is InChI=1S/C20H17N7O4/c1-12-8-17(24-11-16(12)27(30)31)22-6-7-23-20-25-10-15(19(28)29)18(26-20)14-4-2-13(9-21)3-5-14/h2-5,8,10-11H,6-7H2,1H3,(H,22,24)(H,28,29)(H,23,25,26). The Morgan fingerprint density at radius 2 is 1.90 bits per heavy atom. The number of rotatable bonds is 8. The van der Waals surface area contributed by atoms with Crippen molar-refractivity contribution in [1.29, 1.82) is 5.26 Å². The second kappa shape index (κ2) is 9.27. The van der Waals surface area contributed by atoms with Crippen LogP contribution in [-0.2, 0) is 0 Å². The fraction of sp³-hybridized carbons (Fsp3) is 0.150.